The van der Waals surface area contributed by atoms with E-state index in [1.807, 2.05) is 6.07 Å². The van der Waals surface area contributed by atoms with Crippen molar-refractivity contribution < 1.29 is 32.5 Å². The van der Waals surface area contributed by atoms with Gasteiger partial charge in [-0.05, 0) is 49.4 Å². The summed E-state index contributed by atoms with van der Waals surface area (Å²) in [7, 11) is 0. The number of amides is 1. The van der Waals surface area contributed by atoms with Gasteiger partial charge in [-0.2, -0.15) is 10.4 Å². The number of rotatable bonds is 8. The van der Waals surface area contributed by atoms with Gasteiger partial charge in [0.1, 0.15) is 17.7 Å². The standard InChI is InChI=1S/C26H21F3N6O4/c1-25(37,14-32-17-4-7-20-21(10-17)39-26(28,29)38-20)23(27)22(34-24(36)16-3-2-8-31-13-16)19-6-5-18-9-15(11-30)12-33-35(18)19/h2-10,12-13,22-23,32,37H,14H2,1H3,(H,34,36)/t22-,23-,25-/m1/s1. The minimum absolute atomic E-state index is 0.161. The van der Waals surface area contributed by atoms with Crippen LogP contribution in [0.4, 0.5) is 18.9 Å². The molecule has 0 bridgehead atoms. The zero-order valence-corrected chi connectivity index (χ0v) is 20.3. The topological polar surface area (TPSA) is 134 Å². The number of benzene rings is 1. The van der Waals surface area contributed by atoms with Gasteiger partial charge in [0, 0.05) is 30.7 Å². The molecule has 1 aromatic carbocycles. The summed E-state index contributed by atoms with van der Waals surface area (Å²) in [5, 5.41) is 30.0. The first-order valence-corrected chi connectivity index (χ1v) is 11.7. The molecule has 4 aromatic rings. The van der Waals surface area contributed by atoms with Crippen LogP contribution in [0.5, 0.6) is 11.5 Å². The van der Waals surface area contributed by atoms with Gasteiger partial charge in [-0.25, -0.2) is 8.91 Å². The van der Waals surface area contributed by atoms with Crippen molar-refractivity contribution in [3.63, 3.8) is 0 Å². The second-order valence-corrected chi connectivity index (χ2v) is 9.09. The van der Waals surface area contributed by atoms with E-state index in [4.69, 9.17) is 5.26 Å². The van der Waals surface area contributed by atoms with Gasteiger partial charge in [0.25, 0.3) is 5.91 Å². The number of halogens is 3. The van der Waals surface area contributed by atoms with Gasteiger partial charge < -0.3 is 25.2 Å². The van der Waals surface area contributed by atoms with E-state index >= 15 is 4.39 Å². The number of carbonyl (C=O) groups is 1. The van der Waals surface area contributed by atoms with Crippen LogP contribution in [0.2, 0.25) is 0 Å². The summed E-state index contributed by atoms with van der Waals surface area (Å²) in [6.07, 6.45) is -1.79. The van der Waals surface area contributed by atoms with E-state index in [9.17, 15) is 18.7 Å². The highest BCUT2D eigenvalue weighted by Crippen LogP contribution is 2.42. The number of aliphatic hydroxyl groups is 1. The van der Waals surface area contributed by atoms with Crippen molar-refractivity contribution in [3.05, 3.63) is 83.9 Å². The second kappa shape index (κ2) is 9.80. The Morgan fingerprint density at radius 3 is 2.74 bits per heavy atom. The van der Waals surface area contributed by atoms with Crippen LogP contribution in [0.25, 0.3) is 5.52 Å². The molecule has 39 heavy (non-hydrogen) atoms. The van der Waals surface area contributed by atoms with Crippen LogP contribution in [-0.2, 0) is 0 Å². The molecule has 10 nitrogen and oxygen atoms in total. The molecular formula is C26H21F3N6O4. The lowest BCUT2D eigenvalue weighted by Gasteiger charge is -2.33. The fraction of sp³-hybridized carbons (Fsp3) is 0.231. The second-order valence-electron chi connectivity index (χ2n) is 9.09. The van der Waals surface area contributed by atoms with E-state index in [0.29, 0.717) is 5.52 Å². The molecule has 3 atom stereocenters. The lowest BCUT2D eigenvalue weighted by molar-refractivity contribution is -0.286. The summed E-state index contributed by atoms with van der Waals surface area (Å²) >= 11 is 0. The molecule has 0 saturated carbocycles. The first-order chi connectivity index (χ1) is 18.6. The number of pyridine rings is 1. The summed E-state index contributed by atoms with van der Waals surface area (Å²) in [5.41, 5.74) is -0.680. The Bertz CT molecular complexity index is 1570. The van der Waals surface area contributed by atoms with Crippen molar-refractivity contribution in [3.8, 4) is 17.6 Å². The van der Waals surface area contributed by atoms with Crippen LogP contribution in [0, 0.1) is 11.3 Å². The molecule has 0 aliphatic carbocycles. The third-order valence-electron chi connectivity index (χ3n) is 6.13. The molecule has 3 aromatic heterocycles. The van der Waals surface area contributed by atoms with Crippen molar-refractivity contribution in [1.82, 2.24) is 19.9 Å². The molecule has 13 heteroatoms. The minimum Gasteiger partial charge on any atom is -0.395 e. The van der Waals surface area contributed by atoms with E-state index in [1.165, 1.54) is 60.4 Å². The SMILES string of the molecule is C[C@@](O)(CNc1ccc2c(c1)OC(F)(F)O2)[C@H](F)[C@H](NC(=O)c1cccnc1)c1ccc2cc(C#N)cnn12. The number of nitrogens with one attached hydrogen (secondary N) is 2. The largest absolute Gasteiger partial charge is 0.586 e. The van der Waals surface area contributed by atoms with Gasteiger partial charge >= 0.3 is 6.29 Å². The molecular weight excluding hydrogens is 517 g/mol. The Hall–Kier alpha value is -4.83. The summed E-state index contributed by atoms with van der Waals surface area (Å²) < 4.78 is 53.1. The van der Waals surface area contributed by atoms with Crippen molar-refractivity contribution in [2.24, 2.45) is 0 Å². The monoisotopic (exact) mass is 538 g/mol. The van der Waals surface area contributed by atoms with Crippen LogP contribution in [0.1, 0.15) is 34.6 Å². The van der Waals surface area contributed by atoms with Crippen LogP contribution in [-0.4, -0.2) is 50.2 Å². The Morgan fingerprint density at radius 2 is 2.00 bits per heavy atom. The molecule has 1 aliphatic rings. The molecule has 0 fully saturated rings. The summed E-state index contributed by atoms with van der Waals surface area (Å²) in [5.74, 6) is -1.02. The Morgan fingerprint density at radius 1 is 1.21 bits per heavy atom. The van der Waals surface area contributed by atoms with Gasteiger partial charge in [0.15, 0.2) is 17.7 Å². The zero-order chi connectivity index (χ0) is 27.8. The van der Waals surface area contributed by atoms with Crippen LogP contribution < -0.4 is 20.1 Å². The van der Waals surface area contributed by atoms with Crippen molar-refractivity contribution >= 4 is 17.1 Å². The van der Waals surface area contributed by atoms with E-state index < -0.39 is 30.0 Å². The fourth-order valence-electron chi connectivity index (χ4n) is 4.13. The molecule has 200 valence electrons. The molecule has 0 spiro atoms. The number of hydrogen-bond donors (Lipinski definition) is 3. The van der Waals surface area contributed by atoms with Gasteiger partial charge in [-0.15, -0.1) is 8.78 Å². The summed E-state index contributed by atoms with van der Waals surface area (Å²) in [6.45, 7) is 0.852. The maximum absolute atomic E-state index is 16.2. The molecule has 0 unspecified atom stereocenters. The van der Waals surface area contributed by atoms with E-state index in [1.54, 1.807) is 18.2 Å². The van der Waals surface area contributed by atoms with Crippen LogP contribution in [0.15, 0.2) is 67.1 Å². The third-order valence-corrected chi connectivity index (χ3v) is 6.13. The molecule has 3 N–H and O–H groups in total. The Balaban J connectivity index is 1.41. The molecule has 0 saturated heterocycles. The number of carbonyl (C=O) groups excluding carboxylic acids is 1. The quantitative estimate of drug-likeness (QED) is 0.310. The average molecular weight is 538 g/mol. The van der Waals surface area contributed by atoms with Crippen molar-refractivity contribution in [2.45, 2.75) is 31.0 Å². The molecule has 4 heterocycles. The minimum atomic E-state index is -3.79. The highest BCUT2D eigenvalue weighted by atomic mass is 19.3. The van der Waals surface area contributed by atoms with Crippen molar-refractivity contribution in [2.75, 3.05) is 11.9 Å². The first-order valence-electron chi connectivity index (χ1n) is 11.7. The lowest BCUT2D eigenvalue weighted by Crippen LogP contribution is -2.50. The predicted octanol–water partition coefficient (Wildman–Crippen LogP) is 3.59. The molecule has 1 amide bonds. The van der Waals surface area contributed by atoms with Crippen molar-refractivity contribution in [1.29, 1.82) is 5.26 Å². The number of ether oxygens (including phenoxy) is 2. The normalized spacial score (nSPS) is 16.6. The van der Waals surface area contributed by atoms with E-state index in [-0.39, 0.29) is 40.6 Å². The third kappa shape index (κ3) is 5.27. The number of hydrogen-bond acceptors (Lipinski definition) is 8. The number of alkyl halides is 3. The van der Waals surface area contributed by atoms with Gasteiger partial charge in [-0.1, -0.05) is 0 Å². The number of anilines is 1. The number of nitriles is 1. The van der Waals surface area contributed by atoms with E-state index in [0.717, 1.165) is 0 Å². The summed E-state index contributed by atoms with van der Waals surface area (Å²) in [6, 6.07) is 12.2. The average Bonchev–Trinajstić information content (AvgIpc) is 3.48. The number of nitrogens with zero attached hydrogens (tertiary/aromatic N) is 4. The Labute approximate surface area is 219 Å². The molecule has 1 aliphatic heterocycles. The number of aromatic nitrogens is 3. The molecule has 0 radical (unpaired) electrons. The lowest BCUT2D eigenvalue weighted by atomic mass is 9.92. The van der Waals surface area contributed by atoms with Gasteiger partial charge in [-0.3, -0.25) is 9.78 Å². The van der Waals surface area contributed by atoms with Gasteiger partial charge in [0.05, 0.1) is 28.5 Å². The van der Waals surface area contributed by atoms with E-state index in [2.05, 4.69) is 30.2 Å². The molecule has 5 rings (SSSR count). The maximum atomic E-state index is 16.2. The Kier molecular flexibility index (Phi) is 6.49. The van der Waals surface area contributed by atoms with Crippen LogP contribution >= 0.6 is 0 Å². The number of fused-ring (bicyclic) bond motifs is 2. The fourth-order valence-corrected chi connectivity index (χ4v) is 4.13. The summed E-state index contributed by atoms with van der Waals surface area (Å²) in [4.78, 5) is 16.9. The van der Waals surface area contributed by atoms with Gasteiger partial charge in [0.2, 0.25) is 0 Å². The smallest absolute Gasteiger partial charge is 0.395 e. The predicted molar refractivity (Wildman–Crippen MR) is 131 cm³/mol. The van der Waals surface area contributed by atoms with Crippen LogP contribution in [0.3, 0.4) is 0 Å². The highest BCUT2D eigenvalue weighted by Gasteiger charge is 2.44. The first kappa shape index (κ1) is 25.8. The highest BCUT2D eigenvalue weighted by molar-refractivity contribution is 5.94. The zero-order valence-electron chi connectivity index (χ0n) is 20.3. The maximum Gasteiger partial charge on any atom is 0.586 e.